The number of ether oxygens (including phenoxy) is 2. The maximum absolute atomic E-state index is 11.0. The van der Waals surface area contributed by atoms with Crippen molar-refractivity contribution in [2.24, 2.45) is 5.84 Å². The molecule has 110 valence electrons. The molecule has 1 aromatic carbocycles. The first-order valence-corrected chi connectivity index (χ1v) is 5.73. The highest BCUT2D eigenvalue weighted by Crippen LogP contribution is 2.31. The number of nitrogens with two attached hydrogens (primary N) is 1. The molecule has 1 aromatic heterocycles. The molecular formula is C11H12N6O4. The van der Waals surface area contributed by atoms with E-state index in [2.05, 4.69) is 20.4 Å². The lowest BCUT2D eigenvalue weighted by atomic mass is 10.2. The van der Waals surface area contributed by atoms with Crippen molar-refractivity contribution in [1.29, 1.82) is 0 Å². The molecule has 0 amide bonds. The standard InChI is InChI=1S/C11H12N6O4/c1-6-3-4-7(17(18)19)8(5-6)21-11-14-9(16-12)13-10(15-11)20-2/h3-5H,12H2,1-2H3,(H,13,14,15,16). The molecule has 10 heteroatoms. The first kappa shape index (κ1) is 14.4. The normalized spacial score (nSPS) is 10.0. The van der Waals surface area contributed by atoms with Gasteiger partial charge < -0.3 is 9.47 Å². The number of nitro benzene ring substituents is 1. The summed E-state index contributed by atoms with van der Waals surface area (Å²) in [5, 5.41) is 11.0. The van der Waals surface area contributed by atoms with Crippen molar-refractivity contribution in [2.75, 3.05) is 12.5 Å². The second kappa shape index (κ2) is 5.96. The molecular weight excluding hydrogens is 280 g/mol. The largest absolute Gasteiger partial charge is 0.467 e. The third-order valence-electron chi connectivity index (χ3n) is 2.42. The third kappa shape index (κ3) is 3.30. The quantitative estimate of drug-likeness (QED) is 0.472. The number of nitrogens with zero attached hydrogens (tertiary/aromatic N) is 4. The van der Waals surface area contributed by atoms with E-state index in [1.807, 2.05) is 0 Å². The van der Waals surface area contributed by atoms with Gasteiger partial charge in [-0.15, -0.1) is 4.98 Å². The van der Waals surface area contributed by atoms with Gasteiger partial charge in [0.1, 0.15) is 0 Å². The number of hydrogen-bond donors (Lipinski definition) is 2. The third-order valence-corrected chi connectivity index (χ3v) is 2.42. The molecule has 0 unspecified atom stereocenters. The smallest absolute Gasteiger partial charge is 0.330 e. The van der Waals surface area contributed by atoms with Crippen LogP contribution in [0.1, 0.15) is 5.56 Å². The number of nitro groups is 1. The maximum atomic E-state index is 11.0. The van der Waals surface area contributed by atoms with Gasteiger partial charge in [0, 0.05) is 6.07 Å². The van der Waals surface area contributed by atoms with Crippen molar-refractivity contribution in [2.45, 2.75) is 6.92 Å². The van der Waals surface area contributed by atoms with Gasteiger partial charge in [0.2, 0.25) is 11.7 Å². The topological polar surface area (TPSA) is 138 Å². The van der Waals surface area contributed by atoms with Crippen molar-refractivity contribution in [3.8, 4) is 17.8 Å². The Hall–Kier alpha value is -3.01. The Morgan fingerprint density at radius 1 is 1.29 bits per heavy atom. The van der Waals surface area contributed by atoms with Gasteiger partial charge in [0.05, 0.1) is 12.0 Å². The molecule has 0 aliphatic rings. The Morgan fingerprint density at radius 3 is 2.62 bits per heavy atom. The molecule has 0 bridgehead atoms. The van der Waals surface area contributed by atoms with E-state index in [4.69, 9.17) is 15.3 Å². The summed E-state index contributed by atoms with van der Waals surface area (Å²) in [4.78, 5) is 21.9. The predicted octanol–water partition coefficient (Wildman–Crippen LogP) is 1.17. The summed E-state index contributed by atoms with van der Waals surface area (Å²) in [6.07, 6.45) is 0. The summed E-state index contributed by atoms with van der Waals surface area (Å²) in [6.45, 7) is 1.78. The summed E-state index contributed by atoms with van der Waals surface area (Å²) in [5.74, 6) is 5.23. The van der Waals surface area contributed by atoms with Crippen LogP contribution in [0.2, 0.25) is 0 Å². The molecule has 0 aliphatic heterocycles. The van der Waals surface area contributed by atoms with Gasteiger partial charge >= 0.3 is 17.7 Å². The van der Waals surface area contributed by atoms with Crippen LogP contribution in [0, 0.1) is 17.0 Å². The van der Waals surface area contributed by atoms with E-state index in [1.165, 1.54) is 19.2 Å². The average Bonchev–Trinajstić information content (AvgIpc) is 2.46. The van der Waals surface area contributed by atoms with E-state index in [0.717, 1.165) is 5.56 Å². The van der Waals surface area contributed by atoms with E-state index in [-0.39, 0.29) is 29.4 Å². The Bertz CT molecular complexity index is 656. The van der Waals surface area contributed by atoms with Crippen molar-refractivity contribution >= 4 is 11.6 Å². The molecule has 0 saturated carbocycles. The summed E-state index contributed by atoms with van der Waals surface area (Å²) >= 11 is 0. The van der Waals surface area contributed by atoms with E-state index in [1.54, 1.807) is 13.0 Å². The molecule has 0 aliphatic carbocycles. The number of anilines is 1. The minimum Gasteiger partial charge on any atom is -0.467 e. The van der Waals surface area contributed by atoms with Crippen molar-refractivity contribution in [3.05, 3.63) is 33.9 Å². The second-order valence-electron chi connectivity index (χ2n) is 3.90. The van der Waals surface area contributed by atoms with Crippen LogP contribution >= 0.6 is 0 Å². The van der Waals surface area contributed by atoms with E-state index >= 15 is 0 Å². The fourth-order valence-corrected chi connectivity index (χ4v) is 1.49. The molecule has 2 aromatic rings. The maximum Gasteiger partial charge on any atom is 0.330 e. The number of hydrazine groups is 1. The van der Waals surface area contributed by atoms with Crippen LogP contribution in [0.3, 0.4) is 0 Å². The Balaban J connectivity index is 2.42. The van der Waals surface area contributed by atoms with Gasteiger partial charge in [0.15, 0.2) is 0 Å². The fourth-order valence-electron chi connectivity index (χ4n) is 1.49. The van der Waals surface area contributed by atoms with Gasteiger partial charge in [-0.05, 0) is 18.6 Å². The number of aryl methyl sites for hydroxylation is 1. The number of nitrogens with one attached hydrogen (secondary N) is 1. The van der Waals surface area contributed by atoms with Crippen LogP contribution < -0.4 is 20.7 Å². The molecule has 21 heavy (non-hydrogen) atoms. The number of nitrogen functional groups attached to an aromatic ring is 1. The minimum atomic E-state index is -0.560. The van der Waals surface area contributed by atoms with Crippen LogP contribution in [0.15, 0.2) is 18.2 Å². The fraction of sp³-hybridized carbons (Fsp3) is 0.182. The molecule has 1 heterocycles. The van der Waals surface area contributed by atoms with Crippen LogP contribution in [-0.4, -0.2) is 27.0 Å². The predicted molar refractivity (Wildman–Crippen MR) is 72.1 cm³/mol. The molecule has 0 fully saturated rings. The zero-order valence-electron chi connectivity index (χ0n) is 11.2. The molecule has 0 spiro atoms. The van der Waals surface area contributed by atoms with Crippen LogP contribution in [0.4, 0.5) is 11.6 Å². The Kier molecular flexibility index (Phi) is 4.09. The van der Waals surface area contributed by atoms with Gasteiger partial charge in [-0.3, -0.25) is 15.5 Å². The van der Waals surface area contributed by atoms with Crippen LogP contribution in [-0.2, 0) is 0 Å². The number of rotatable bonds is 5. The zero-order valence-corrected chi connectivity index (χ0v) is 11.2. The lowest BCUT2D eigenvalue weighted by Crippen LogP contribution is -2.12. The van der Waals surface area contributed by atoms with Crippen molar-refractivity contribution in [3.63, 3.8) is 0 Å². The molecule has 10 nitrogen and oxygen atoms in total. The first-order valence-electron chi connectivity index (χ1n) is 5.73. The summed E-state index contributed by atoms with van der Waals surface area (Å²) < 4.78 is 10.2. The number of aromatic nitrogens is 3. The molecule has 0 atom stereocenters. The van der Waals surface area contributed by atoms with Crippen molar-refractivity contribution < 1.29 is 14.4 Å². The Labute approximate surface area is 119 Å². The highest BCUT2D eigenvalue weighted by molar-refractivity contribution is 5.49. The summed E-state index contributed by atoms with van der Waals surface area (Å²) in [5.41, 5.74) is 2.80. The number of hydrogen-bond acceptors (Lipinski definition) is 9. The van der Waals surface area contributed by atoms with Gasteiger partial charge in [-0.2, -0.15) is 9.97 Å². The SMILES string of the molecule is COc1nc(NN)nc(Oc2cc(C)ccc2[N+](=O)[O-])n1. The lowest BCUT2D eigenvalue weighted by molar-refractivity contribution is -0.385. The van der Waals surface area contributed by atoms with Gasteiger partial charge in [-0.1, -0.05) is 6.07 Å². The average molecular weight is 292 g/mol. The van der Waals surface area contributed by atoms with Gasteiger partial charge in [0.25, 0.3) is 0 Å². The Morgan fingerprint density at radius 2 is 2.00 bits per heavy atom. The number of methoxy groups -OCH3 is 1. The second-order valence-corrected chi connectivity index (χ2v) is 3.90. The van der Waals surface area contributed by atoms with Crippen LogP contribution in [0.5, 0.6) is 17.8 Å². The van der Waals surface area contributed by atoms with E-state index in [9.17, 15) is 10.1 Å². The monoisotopic (exact) mass is 292 g/mol. The highest BCUT2D eigenvalue weighted by atomic mass is 16.6. The molecule has 2 rings (SSSR count). The minimum absolute atomic E-state index is 0.00663. The zero-order chi connectivity index (χ0) is 15.4. The molecule has 3 N–H and O–H groups in total. The lowest BCUT2D eigenvalue weighted by Gasteiger charge is -2.07. The highest BCUT2D eigenvalue weighted by Gasteiger charge is 2.18. The first-order chi connectivity index (χ1) is 10.0. The summed E-state index contributed by atoms with van der Waals surface area (Å²) in [6, 6.07) is 4.23. The number of benzene rings is 1. The van der Waals surface area contributed by atoms with Gasteiger partial charge in [-0.25, -0.2) is 5.84 Å². The summed E-state index contributed by atoms with van der Waals surface area (Å²) in [7, 11) is 1.36. The van der Waals surface area contributed by atoms with E-state index < -0.39 is 4.92 Å². The van der Waals surface area contributed by atoms with Crippen LogP contribution in [0.25, 0.3) is 0 Å². The molecule has 0 saturated heterocycles. The van der Waals surface area contributed by atoms with E-state index in [0.29, 0.717) is 0 Å². The molecule has 0 radical (unpaired) electrons. The van der Waals surface area contributed by atoms with Crippen molar-refractivity contribution in [1.82, 2.24) is 15.0 Å².